The molecule has 4 heterocycles. The molecule has 0 spiro atoms. The first kappa shape index (κ1) is 20.4. The highest BCUT2D eigenvalue weighted by molar-refractivity contribution is 7.16. The number of fused-ring (bicyclic) bond motifs is 3. The number of hydrogen-bond acceptors (Lipinski definition) is 7. The van der Waals surface area contributed by atoms with Gasteiger partial charge in [0.1, 0.15) is 23.0 Å². The van der Waals surface area contributed by atoms with Gasteiger partial charge in [0.2, 0.25) is 0 Å². The Morgan fingerprint density at radius 2 is 2.09 bits per heavy atom. The lowest BCUT2D eigenvalue weighted by Gasteiger charge is -2.22. The van der Waals surface area contributed by atoms with Gasteiger partial charge in [-0.15, -0.1) is 5.10 Å². The number of hydrogen-bond donors (Lipinski definition) is 2. The van der Waals surface area contributed by atoms with Gasteiger partial charge in [-0.25, -0.2) is 23.6 Å². The number of benzene rings is 1. The quantitative estimate of drug-likeness (QED) is 0.572. The Labute approximate surface area is 185 Å². The van der Waals surface area contributed by atoms with E-state index in [-0.39, 0.29) is 0 Å². The zero-order valence-corrected chi connectivity index (χ0v) is 17.8. The van der Waals surface area contributed by atoms with Crippen LogP contribution in [0.4, 0.5) is 18.7 Å². The molecule has 2 aliphatic rings. The molecule has 0 radical (unpaired) electrons. The van der Waals surface area contributed by atoms with Crippen LogP contribution < -0.4 is 15.5 Å². The van der Waals surface area contributed by atoms with Crippen LogP contribution in [0.3, 0.4) is 0 Å². The number of anilines is 1. The molecule has 5 rings (SSSR count). The fraction of sp³-hybridized carbons (Fsp3) is 0.300. The molecular formula is C20H19F2N7O2S. The second-order valence-corrected chi connectivity index (χ2v) is 8.45. The van der Waals surface area contributed by atoms with E-state index in [9.17, 15) is 13.6 Å². The third-order valence-corrected chi connectivity index (χ3v) is 6.13. The molecule has 0 saturated heterocycles. The molecule has 0 aliphatic carbocycles. The standard InChI is InChI=1S/C20H19F2N7O2S/c1-11-9-26-29-18(11)17-16(10-31-29)32-19(27-17)23-4-5-24-20(30)28-15(2-3-25-28)12-6-13(21)8-14(22)7-12/h3,6-9,15H,2,4-5,10H2,1H3,(H,23,27)(H,24,30)/t15-/m0/s1. The van der Waals surface area contributed by atoms with Crippen molar-refractivity contribution in [1.82, 2.24) is 25.3 Å². The fourth-order valence-electron chi connectivity index (χ4n) is 3.69. The summed E-state index contributed by atoms with van der Waals surface area (Å²) in [5.41, 5.74) is 3.03. The van der Waals surface area contributed by atoms with E-state index in [4.69, 9.17) is 4.84 Å². The predicted molar refractivity (Wildman–Crippen MR) is 114 cm³/mol. The van der Waals surface area contributed by atoms with Crippen molar-refractivity contribution in [2.75, 3.05) is 18.4 Å². The van der Waals surface area contributed by atoms with Crippen LogP contribution in [-0.2, 0) is 6.61 Å². The van der Waals surface area contributed by atoms with Gasteiger partial charge in [-0.1, -0.05) is 16.2 Å². The maximum absolute atomic E-state index is 13.6. The van der Waals surface area contributed by atoms with Gasteiger partial charge in [-0.2, -0.15) is 5.10 Å². The lowest BCUT2D eigenvalue weighted by Crippen LogP contribution is -2.39. The van der Waals surface area contributed by atoms with Crippen molar-refractivity contribution in [3.05, 3.63) is 52.0 Å². The van der Waals surface area contributed by atoms with E-state index in [1.54, 1.807) is 12.4 Å². The van der Waals surface area contributed by atoms with Crippen molar-refractivity contribution in [1.29, 1.82) is 0 Å². The molecule has 0 unspecified atom stereocenters. The third kappa shape index (κ3) is 3.77. The van der Waals surface area contributed by atoms with Gasteiger partial charge in [0.15, 0.2) is 11.7 Å². The van der Waals surface area contributed by atoms with Gasteiger partial charge >= 0.3 is 6.03 Å². The molecular weight excluding hydrogens is 440 g/mol. The second-order valence-electron chi connectivity index (χ2n) is 7.37. The minimum atomic E-state index is -0.689. The van der Waals surface area contributed by atoms with Crippen molar-refractivity contribution < 1.29 is 18.4 Å². The van der Waals surface area contributed by atoms with Crippen LogP contribution >= 0.6 is 11.3 Å². The summed E-state index contributed by atoms with van der Waals surface area (Å²) in [5, 5.41) is 16.1. The molecule has 9 nitrogen and oxygen atoms in total. The normalized spacial score (nSPS) is 16.5. The van der Waals surface area contributed by atoms with E-state index in [2.05, 4.69) is 25.8 Å². The Bertz CT molecular complexity index is 1190. The molecule has 0 bridgehead atoms. The number of nitrogens with one attached hydrogen (secondary N) is 2. The Morgan fingerprint density at radius 1 is 1.28 bits per heavy atom. The van der Waals surface area contributed by atoms with Crippen LogP contribution in [0.5, 0.6) is 0 Å². The monoisotopic (exact) mass is 459 g/mol. The molecule has 1 atom stereocenters. The highest BCUT2D eigenvalue weighted by atomic mass is 32.1. The van der Waals surface area contributed by atoms with E-state index >= 15 is 0 Å². The van der Waals surface area contributed by atoms with E-state index in [0.717, 1.165) is 27.9 Å². The number of carbonyl (C=O) groups is 1. The highest BCUT2D eigenvalue weighted by Gasteiger charge is 2.29. The summed E-state index contributed by atoms with van der Waals surface area (Å²) in [6.45, 7) is 3.10. The van der Waals surface area contributed by atoms with Crippen LogP contribution in [-0.4, -0.2) is 45.3 Å². The van der Waals surface area contributed by atoms with E-state index in [0.29, 0.717) is 36.8 Å². The summed E-state index contributed by atoms with van der Waals surface area (Å²) in [5.74, 6) is -1.38. The number of amides is 2. The molecule has 2 amide bonds. The van der Waals surface area contributed by atoms with Gasteiger partial charge in [-0.3, -0.25) is 0 Å². The number of nitrogens with zero attached hydrogens (tertiary/aromatic N) is 5. The van der Waals surface area contributed by atoms with E-state index in [1.807, 2.05) is 6.92 Å². The van der Waals surface area contributed by atoms with E-state index < -0.39 is 23.7 Å². The highest BCUT2D eigenvalue weighted by Crippen LogP contribution is 2.35. The first-order valence-electron chi connectivity index (χ1n) is 9.97. The molecule has 2 aliphatic heterocycles. The molecule has 12 heteroatoms. The molecule has 32 heavy (non-hydrogen) atoms. The molecule has 1 aromatic carbocycles. The number of aromatic nitrogens is 3. The average molecular weight is 459 g/mol. The Kier molecular flexibility index (Phi) is 5.21. The summed E-state index contributed by atoms with van der Waals surface area (Å²) in [6.07, 6.45) is 3.68. The van der Waals surface area contributed by atoms with Crippen molar-refractivity contribution in [2.45, 2.75) is 26.0 Å². The number of urea groups is 1. The van der Waals surface area contributed by atoms with Gasteiger partial charge in [0.05, 0.1) is 17.1 Å². The molecule has 3 aromatic rings. The largest absolute Gasteiger partial charge is 0.390 e. The van der Waals surface area contributed by atoms with Crippen LogP contribution in [0, 0.1) is 18.6 Å². The van der Waals surface area contributed by atoms with Gasteiger partial charge in [0, 0.05) is 37.4 Å². The van der Waals surface area contributed by atoms with Crippen molar-refractivity contribution in [3.8, 4) is 11.4 Å². The first-order chi connectivity index (χ1) is 15.5. The van der Waals surface area contributed by atoms with Crippen molar-refractivity contribution in [3.63, 3.8) is 0 Å². The summed E-state index contributed by atoms with van der Waals surface area (Å²) >= 11 is 1.49. The number of thiazole rings is 1. The number of carbonyl (C=O) groups excluding carboxylic acids is 1. The zero-order chi connectivity index (χ0) is 22.2. The lowest BCUT2D eigenvalue weighted by molar-refractivity contribution is 0.0693. The summed E-state index contributed by atoms with van der Waals surface area (Å²) < 4.78 is 27.1. The van der Waals surface area contributed by atoms with Crippen molar-refractivity contribution >= 4 is 28.7 Å². The van der Waals surface area contributed by atoms with E-state index in [1.165, 1.54) is 33.3 Å². The van der Waals surface area contributed by atoms with Gasteiger partial charge in [0.25, 0.3) is 0 Å². The summed E-state index contributed by atoms with van der Waals surface area (Å²) in [6, 6.07) is 2.23. The maximum Gasteiger partial charge on any atom is 0.338 e. The second kappa shape index (κ2) is 8.19. The maximum atomic E-state index is 13.6. The number of rotatable bonds is 5. The number of halogens is 2. The smallest absolute Gasteiger partial charge is 0.338 e. The number of aryl methyl sites for hydroxylation is 1. The van der Waals surface area contributed by atoms with Gasteiger partial charge < -0.3 is 15.5 Å². The van der Waals surface area contributed by atoms with Crippen LogP contribution in [0.25, 0.3) is 11.4 Å². The summed E-state index contributed by atoms with van der Waals surface area (Å²) in [4.78, 5) is 25.3. The predicted octanol–water partition coefficient (Wildman–Crippen LogP) is 3.09. The SMILES string of the molecule is Cc1cnn2c1-c1nc(NCCNC(=O)N3N=CC[C@H]3c3cc(F)cc(F)c3)sc1CO2. The fourth-order valence-corrected chi connectivity index (χ4v) is 4.58. The Hall–Kier alpha value is -3.54. The Morgan fingerprint density at radius 3 is 2.91 bits per heavy atom. The molecule has 2 N–H and O–H groups in total. The Balaban J connectivity index is 1.17. The lowest BCUT2D eigenvalue weighted by atomic mass is 10.0. The van der Waals surface area contributed by atoms with Crippen LogP contribution in [0.15, 0.2) is 29.5 Å². The molecule has 166 valence electrons. The topological polar surface area (TPSA) is 96.7 Å². The zero-order valence-electron chi connectivity index (χ0n) is 17.0. The summed E-state index contributed by atoms with van der Waals surface area (Å²) in [7, 11) is 0. The third-order valence-electron chi connectivity index (χ3n) is 5.15. The van der Waals surface area contributed by atoms with Crippen LogP contribution in [0.2, 0.25) is 0 Å². The minimum Gasteiger partial charge on any atom is -0.390 e. The van der Waals surface area contributed by atoms with Crippen molar-refractivity contribution in [2.24, 2.45) is 5.10 Å². The number of hydrazone groups is 1. The molecule has 0 saturated carbocycles. The first-order valence-corrected chi connectivity index (χ1v) is 10.8. The average Bonchev–Trinajstić information content (AvgIpc) is 3.48. The van der Waals surface area contributed by atoms with Crippen LogP contribution in [0.1, 0.15) is 28.5 Å². The molecule has 2 aromatic heterocycles. The molecule has 0 fully saturated rings. The van der Waals surface area contributed by atoms with Gasteiger partial charge in [-0.05, 0) is 24.6 Å². The minimum absolute atomic E-state index is 0.312.